The van der Waals surface area contributed by atoms with Crippen molar-refractivity contribution < 1.29 is 14.3 Å². The molecule has 1 aromatic carbocycles. The van der Waals surface area contributed by atoms with E-state index in [1.165, 1.54) is 12.7 Å². The summed E-state index contributed by atoms with van der Waals surface area (Å²) in [5, 5.41) is 0. The number of carbonyl (C=O) groups is 2. The summed E-state index contributed by atoms with van der Waals surface area (Å²) < 4.78 is 4.82. The van der Waals surface area contributed by atoms with Gasteiger partial charge in [0.25, 0.3) is 0 Å². The molecule has 2 heterocycles. The largest absolute Gasteiger partial charge is 0.467 e. The van der Waals surface area contributed by atoms with E-state index in [9.17, 15) is 9.59 Å². The average molecular weight is 288 g/mol. The highest BCUT2D eigenvalue weighted by atomic mass is 16.5. The third-order valence-corrected chi connectivity index (χ3v) is 4.31. The second-order valence-corrected chi connectivity index (χ2v) is 5.54. The van der Waals surface area contributed by atoms with Gasteiger partial charge in [0.05, 0.1) is 7.11 Å². The maximum Gasteiger partial charge on any atom is 0.328 e. The number of fused-ring (bicyclic) bond motifs is 1. The van der Waals surface area contributed by atoms with E-state index < -0.39 is 6.04 Å². The van der Waals surface area contributed by atoms with Crippen LogP contribution in [0.15, 0.2) is 24.3 Å². The summed E-state index contributed by atoms with van der Waals surface area (Å²) >= 11 is 0. The zero-order valence-corrected chi connectivity index (χ0v) is 12.2. The second-order valence-electron chi connectivity index (χ2n) is 5.54. The lowest BCUT2D eigenvalue weighted by atomic mass is 10.0. The van der Waals surface area contributed by atoms with Crippen LogP contribution in [0.1, 0.15) is 24.8 Å². The van der Waals surface area contributed by atoms with Gasteiger partial charge in [-0.15, -0.1) is 0 Å². The fraction of sp³-hybridized carbons (Fsp3) is 0.500. The van der Waals surface area contributed by atoms with Crippen LogP contribution in [0.2, 0.25) is 0 Å². The Morgan fingerprint density at radius 2 is 2.00 bits per heavy atom. The molecule has 0 aliphatic carbocycles. The van der Waals surface area contributed by atoms with Crippen LogP contribution in [-0.2, 0) is 16.0 Å². The van der Waals surface area contributed by atoms with Gasteiger partial charge in [0.2, 0.25) is 0 Å². The second kappa shape index (κ2) is 5.76. The van der Waals surface area contributed by atoms with Crippen LogP contribution >= 0.6 is 0 Å². The minimum Gasteiger partial charge on any atom is -0.467 e. The first kappa shape index (κ1) is 13.9. The molecule has 0 unspecified atom stereocenters. The van der Waals surface area contributed by atoms with Crippen molar-refractivity contribution in [2.24, 2.45) is 0 Å². The lowest BCUT2D eigenvalue weighted by Gasteiger charge is -2.34. The molecule has 1 fully saturated rings. The summed E-state index contributed by atoms with van der Waals surface area (Å²) in [6, 6.07) is 7.49. The molecule has 0 aromatic heterocycles. The molecule has 0 spiro atoms. The number of urea groups is 1. The minimum atomic E-state index is -0.434. The Balaban J connectivity index is 1.84. The van der Waals surface area contributed by atoms with Gasteiger partial charge in [-0.25, -0.2) is 9.59 Å². The van der Waals surface area contributed by atoms with E-state index in [1.807, 2.05) is 18.2 Å². The van der Waals surface area contributed by atoms with Gasteiger partial charge in [-0.3, -0.25) is 4.90 Å². The number of ether oxygens (including phenoxy) is 1. The number of esters is 1. The minimum absolute atomic E-state index is 0.0740. The van der Waals surface area contributed by atoms with E-state index in [0.717, 1.165) is 24.9 Å². The van der Waals surface area contributed by atoms with E-state index in [1.54, 1.807) is 9.80 Å². The highest BCUT2D eigenvalue weighted by Gasteiger charge is 2.38. The smallest absolute Gasteiger partial charge is 0.328 e. The fourth-order valence-corrected chi connectivity index (χ4v) is 3.26. The summed E-state index contributed by atoms with van der Waals surface area (Å²) in [6.45, 7) is 1.33. The standard InChI is InChI=1S/C16H20N2O3/c1-21-15(19)14-9-5-11-18(14)16(20)17-10-4-7-12-6-2-3-8-13(12)17/h2-3,6,8,14H,4-5,7,9-11H2,1H3/t14-/m0/s1. The predicted molar refractivity (Wildman–Crippen MR) is 79.2 cm³/mol. The number of benzene rings is 1. The molecule has 5 nitrogen and oxygen atoms in total. The number of rotatable bonds is 1. The first-order chi connectivity index (χ1) is 10.2. The number of carbonyl (C=O) groups excluding carboxylic acids is 2. The Labute approximate surface area is 124 Å². The van der Waals surface area contributed by atoms with Crippen molar-refractivity contribution in [3.63, 3.8) is 0 Å². The molecule has 1 saturated heterocycles. The number of hydrogen-bond donors (Lipinski definition) is 0. The third-order valence-electron chi connectivity index (χ3n) is 4.31. The molecule has 2 amide bonds. The van der Waals surface area contributed by atoms with E-state index in [0.29, 0.717) is 19.5 Å². The van der Waals surface area contributed by atoms with Gasteiger partial charge in [-0.1, -0.05) is 18.2 Å². The number of hydrogen-bond acceptors (Lipinski definition) is 3. The monoisotopic (exact) mass is 288 g/mol. The predicted octanol–water partition coefficient (Wildman–Crippen LogP) is 2.20. The molecule has 1 atom stereocenters. The molecular formula is C16H20N2O3. The zero-order chi connectivity index (χ0) is 14.8. The lowest BCUT2D eigenvalue weighted by Crippen LogP contribution is -2.49. The SMILES string of the molecule is COC(=O)[C@@H]1CCCN1C(=O)N1CCCc2ccccc21. The highest BCUT2D eigenvalue weighted by Crippen LogP contribution is 2.29. The van der Waals surface area contributed by atoms with E-state index >= 15 is 0 Å². The molecule has 0 radical (unpaired) electrons. The molecule has 0 saturated carbocycles. The summed E-state index contributed by atoms with van der Waals surface area (Å²) in [4.78, 5) is 28.1. The van der Waals surface area contributed by atoms with Crippen LogP contribution in [0.5, 0.6) is 0 Å². The van der Waals surface area contributed by atoms with Gasteiger partial charge in [-0.05, 0) is 37.3 Å². The molecule has 0 bridgehead atoms. The molecule has 2 aliphatic heterocycles. The average Bonchev–Trinajstić information content (AvgIpc) is 3.02. The first-order valence-corrected chi connectivity index (χ1v) is 7.46. The van der Waals surface area contributed by atoms with Crippen molar-refractivity contribution >= 4 is 17.7 Å². The molecule has 21 heavy (non-hydrogen) atoms. The van der Waals surface area contributed by atoms with Crippen molar-refractivity contribution in [2.45, 2.75) is 31.7 Å². The number of methoxy groups -OCH3 is 1. The van der Waals surface area contributed by atoms with Crippen molar-refractivity contribution in [3.8, 4) is 0 Å². The van der Waals surface area contributed by atoms with Gasteiger partial charge >= 0.3 is 12.0 Å². The Morgan fingerprint density at radius 1 is 1.19 bits per heavy atom. The number of amides is 2. The molecule has 3 rings (SSSR count). The Hall–Kier alpha value is -2.04. The van der Waals surface area contributed by atoms with Crippen molar-refractivity contribution in [1.29, 1.82) is 0 Å². The number of para-hydroxylation sites is 1. The quantitative estimate of drug-likeness (QED) is 0.744. The zero-order valence-electron chi connectivity index (χ0n) is 12.2. The van der Waals surface area contributed by atoms with Crippen molar-refractivity contribution in [1.82, 2.24) is 4.90 Å². The first-order valence-electron chi connectivity index (χ1n) is 7.46. The Bertz CT molecular complexity index is 558. The summed E-state index contributed by atoms with van der Waals surface area (Å²) in [6.07, 6.45) is 3.49. The molecule has 2 aliphatic rings. The Kier molecular flexibility index (Phi) is 3.82. The highest BCUT2D eigenvalue weighted by molar-refractivity contribution is 5.96. The molecular weight excluding hydrogens is 268 g/mol. The summed E-state index contributed by atoms with van der Waals surface area (Å²) in [5.41, 5.74) is 2.18. The van der Waals surface area contributed by atoms with Gasteiger partial charge in [0.1, 0.15) is 6.04 Å². The number of likely N-dealkylation sites (tertiary alicyclic amines) is 1. The lowest BCUT2D eigenvalue weighted by molar-refractivity contribution is -0.144. The molecule has 112 valence electrons. The number of anilines is 1. The van der Waals surface area contributed by atoms with Crippen LogP contribution in [0.3, 0.4) is 0 Å². The van der Waals surface area contributed by atoms with E-state index in [2.05, 4.69) is 6.07 Å². The number of nitrogens with zero attached hydrogens (tertiary/aromatic N) is 2. The van der Waals surface area contributed by atoms with Crippen molar-refractivity contribution in [2.75, 3.05) is 25.1 Å². The topological polar surface area (TPSA) is 49.9 Å². The van der Waals surface area contributed by atoms with Crippen molar-refractivity contribution in [3.05, 3.63) is 29.8 Å². The maximum atomic E-state index is 12.8. The Morgan fingerprint density at radius 3 is 2.81 bits per heavy atom. The summed E-state index contributed by atoms with van der Waals surface area (Å²) in [7, 11) is 1.37. The summed E-state index contributed by atoms with van der Waals surface area (Å²) in [5.74, 6) is -0.314. The maximum absolute atomic E-state index is 12.8. The van der Waals surface area contributed by atoms with E-state index in [-0.39, 0.29) is 12.0 Å². The van der Waals surface area contributed by atoms with Crippen LogP contribution < -0.4 is 4.90 Å². The van der Waals surface area contributed by atoms with E-state index in [4.69, 9.17) is 4.74 Å². The van der Waals surface area contributed by atoms with Gasteiger partial charge < -0.3 is 9.64 Å². The normalized spacial score (nSPS) is 21.1. The van der Waals surface area contributed by atoms with Crippen LogP contribution in [0, 0.1) is 0 Å². The molecule has 1 aromatic rings. The van der Waals surface area contributed by atoms with Crippen LogP contribution in [0.4, 0.5) is 10.5 Å². The van der Waals surface area contributed by atoms with Gasteiger partial charge in [-0.2, -0.15) is 0 Å². The van der Waals surface area contributed by atoms with Gasteiger partial charge in [0.15, 0.2) is 0 Å². The molecule has 5 heteroatoms. The van der Waals surface area contributed by atoms with Crippen LogP contribution in [0.25, 0.3) is 0 Å². The van der Waals surface area contributed by atoms with Gasteiger partial charge in [0, 0.05) is 18.8 Å². The fourth-order valence-electron chi connectivity index (χ4n) is 3.26. The molecule has 0 N–H and O–H groups in total. The number of aryl methyl sites for hydroxylation is 1. The third kappa shape index (κ3) is 2.48. The van der Waals surface area contributed by atoms with Crippen LogP contribution in [-0.4, -0.2) is 43.1 Å².